The average Bonchev–Trinajstić information content (AvgIpc) is 2.97. The number of nitrogens with zero attached hydrogens (tertiary/aromatic N) is 2. The van der Waals surface area contributed by atoms with Crippen molar-refractivity contribution in [1.82, 2.24) is 9.78 Å². The van der Waals surface area contributed by atoms with Crippen molar-refractivity contribution >= 4 is 17.3 Å². The van der Waals surface area contributed by atoms with Crippen LogP contribution in [0.15, 0.2) is 48.5 Å². The lowest BCUT2D eigenvalue weighted by molar-refractivity contribution is 0.0973. The molecule has 0 saturated heterocycles. The minimum atomic E-state index is -0.293. The molecule has 1 aliphatic rings. The lowest BCUT2D eigenvalue weighted by Crippen LogP contribution is -2.13. The summed E-state index contributed by atoms with van der Waals surface area (Å²) >= 11 is 0. The number of carbonyl (C=O) groups is 1. The molecular formula is C20H18FN3O. The molecule has 1 aliphatic carbocycles. The van der Waals surface area contributed by atoms with Crippen molar-refractivity contribution in [2.75, 3.05) is 5.32 Å². The van der Waals surface area contributed by atoms with Crippen molar-refractivity contribution in [2.24, 2.45) is 0 Å². The topological polar surface area (TPSA) is 46.9 Å². The number of hydrogen-bond donors (Lipinski definition) is 1. The Morgan fingerprint density at radius 1 is 1.04 bits per heavy atom. The summed E-state index contributed by atoms with van der Waals surface area (Å²) in [5.74, 6) is 0.371. The van der Waals surface area contributed by atoms with Gasteiger partial charge in [-0.3, -0.25) is 4.79 Å². The van der Waals surface area contributed by atoms with Gasteiger partial charge >= 0.3 is 0 Å². The van der Waals surface area contributed by atoms with Crippen LogP contribution in [0.1, 0.15) is 34.5 Å². The maximum absolute atomic E-state index is 13.2. The third kappa shape index (κ3) is 2.93. The van der Waals surface area contributed by atoms with E-state index in [1.54, 1.807) is 16.8 Å². The Hall–Kier alpha value is -2.95. The number of rotatable bonds is 3. The number of hydrogen-bond acceptors (Lipinski definition) is 3. The molecule has 1 heterocycles. The van der Waals surface area contributed by atoms with Crippen LogP contribution in [-0.4, -0.2) is 15.6 Å². The number of aryl methyl sites for hydroxylation is 1. The molecule has 0 atom stereocenters. The third-order valence-corrected chi connectivity index (χ3v) is 4.46. The van der Waals surface area contributed by atoms with Gasteiger partial charge in [0.15, 0.2) is 11.6 Å². The summed E-state index contributed by atoms with van der Waals surface area (Å²) in [5.41, 5.74) is 4.34. The first-order chi connectivity index (χ1) is 12.1. The summed E-state index contributed by atoms with van der Waals surface area (Å²) in [5, 5.41) is 7.89. The van der Waals surface area contributed by atoms with E-state index in [1.807, 2.05) is 31.2 Å². The van der Waals surface area contributed by atoms with E-state index in [1.165, 1.54) is 17.7 Å². The summed E-state index contributed by atoms with van der Waals surface area (Å²) in [4.78, 5) is 12.5. The molecule has 0 radical (unpaired) electrons. The van der Waals surface area contributed by atoms with E-state index in [0.717, 1.165) is 29.9 Å². The number of fused-ring (bicyclic) bond motifs is 1. The summed E-state index contributed by atoms with van der Waals surface area (Å²) < 4.78 is 15.0. The number of ketones is 1. The second-order valence-corrected chi connectivity index (χ2v) is 6.33. The van der Waals surface area contributed by atoms with Gasteiger partial charge < -0.3 is 5.32 Å². The highest BCUT2D eigenvalue weighted by molar-refractivity contribution is 6.03. The van der Waals surface area contributed by atoms with E-state index < -0.39 is 0 Å². The molecule has 2 aromatic carbocycles. The van der Waals surface area contributed by atoms with Crippen molar-refractivity contribution in [3.8, 4) is 5.69 Å². The highest BCUT2D eigenvalue weighted by Crippen LogP contribution is 2.31. The lowest BCUT2D eigenvalue weighted by Gasteiger charge is -2.13. The van der Waals surface area contributed by atoms with Crippen LogP contribution in [0, 0.1) is 12.7 Å². The van der Waals surface area contributed by atoms with E-state index in [9.17, 15) is 9.18 Å². The van der Waals surface area contributed by atoms with Crippen LogP contribution in [0.5, 0.6) is 0 Å². The van der Waals surface area contributed by atoms with Crippen LogP contribution in [-0.2, 0) is 6.42 Å². The summed E-state index contributed by atoms with van der Waals surface area (Å²) in [6.45, 7) is 2.03. The number of nitrogens with one attached hydrogen (secondary N) is 1. The fraction of sp³-hybridized carbons (Fsp3) is 0.200. The predicted octanol–water partition coefficient (Wildman–Crippen LogP) is 4.58. The molecular weight excluding hydrogens is 317 g/mol. The first-order valence-corrected chi connectivity index (χ1v) is 8.36. The number of Topliss-reactive ketones (excluding diaryl/α,β-unsaturated/α-hetero) is 1. The van der Waals surface area contributed by atoms with Crippen LogP contribution in [0.4, 0.5) is 15.9 Å². The van der Waals surface area contributed by atoms with Gasteiger partial charge in [-0.15, -0.1) is 5.10 Å². The zero-order valence-corrected chi connectivity index (χ0v) is 13.9. The molecule has 4 rings (SSSR count). The molecule has 4 nitrogen and oxygen atoms in total. The van der Waals surface area contributed by atoms with Crippen molar-refractivity contribution < 1.29 is 9.18 Å². The Bertz CT molecular complexity index is 927. The van der Waals surface area contributed by atoms with Crippen LogP contribution in [0.25, 0.3) is 5.69 Å². The van der Waals surface area contributed by atoms with E-state index in [2.05, 4.69) is 10.4 Å². The van der Waals surface area contributed by atoms with Gasteiger partial charge in [0.1, 0.15) is 5.82 Å². The van der Waals surface area contributed by atoms with Crippen LogP contribution in [0.3, 0.4) is 0 Å². The molecule has 5 heteroatoms. The maximum atomic E-state index is 13.2. The highest BCUT2D eigenvalue weighted by Gasteiger charge is 2.27. The molecule has 1 N–H and O–H groups in total. The first kappa shape index (κ1) is 15.6. The van der Waals surface area contributed by atoms with Gasteiger partial charge in [-0.1, -0.05) is 17.7 Å². The van der Waals surface area contributed by atoms with Gasteiger partial charge in [-0.05, 0) is 56.2 Å². The molecule has 1 aromatic heterocycles. The molecule has 126 valence electrons. The number of anilines is 2. The zero-order chi connectivity index (χ0) is 17.4. The number of halogens is 1. The standard InChI is InChI=1S/C20H18FN3O/c1-13-5-9-15(10-6-13)22-20-19-17(3-2-4-18(19)25)24(23-20)16-11-7-14(21)8-12-16/h5-12H,2-4H2,1H3,(H,22,23). The van der Waals surface area contributed by atoms with Gasteiger partial charge in [0, 0.05) is 12.1 Å². The molecule has 0 fully saturated rings. The second kappa shape index (κ2) is 6.16. The van der Waals surface area contributed by atoms with Gasteiger partial charge in [0.05, 0.1) is 16.9 Å². The first-order valence-electron chi connectivity index (χ1n) is 8.36. The van der Waals surface area contributed by atoms with Gasteiger partial charge in [-0.2, -0.15) is 0 Å². The Morgan fingerprint density at radius 3 is 2.48 bits per heavy atom. The molecule has 0 aliphatic heterocycles. The molecule has 0 unspecified atom stereocenters. The maximum Gasteiger partial charge on any atom is 0.168 e. The van der Waals surface area contributed by atoms with Gasteiger partial charge in [0.25, 0.3) is 0 Å². The van der Waals surface area contributed by atoms with Crippen molar-refractivity contribution in [3.05, 3.63) is 71.2 Å². The highest BCUT2D eigenvalue weighted by atomic mass is 19.1. The average molecular weight is 335 g/mol. The number of carbonyl (C=O) groups excluding carboxylic acids is 1. The van der Waals surface area contributed by atoms with E-state index in [0.29, 0.717) is 17.8 Å². The minimum absolute atomic E-state index is 0.101. The molecule has 0 amide bonds. The zero-order valence-electron chi connectivity index (χ0n) is 13.9. The van der Waals surface area contributed by atoms with Crippen LogP contribution >= 0.6 is 0 Å². The fourth-order valence-electron chi connectivity index (χ4n) is 3.18. The number of benzene rings is 2. The summed E-state index contributed by atoms with van der Waals surface area (Å²) in [7, 11) is 0. The largest absolute Gasteiger partial charge is 0.338 e. The monoisotopic (exact) mass is 335 g/mol. The summed E-state index contributed by atoms with van der Waals surface area (Å²) in [6.07, 6.45) is 2.12. The Morgan fingerprint density at radius 2 is 1.76 bits per heavy atom. The predicted molar refractivity (Wildman–Crippen MR) is 95.3 cm³/mol. The van der Waals surface area contributed by atoms with Crippen molar-refractivity contribution in [1.29, 1.82) is 0 Å². The Balaban J connectivity index is 1.80. The quantitative estimate of drug-likeness (QED) is 0.762. The van der Waals surface area contributed by atoms with Gasteiger partial charge in [0.2, 0.25) is 0 Å². The molecule has 0 spiro atoms. The van der Waals surface area contributed by atoms with Crippen LogP contribution in [0.2, 0.25) is 0 Å². The van der Waals surface area contributed by atoms with E-state index >= 15 is 0 Å². The molecule has 0 saturated carbocycles. The Kier molecular flexibility index (Phi) is 3.84. The number of aromatic nitrogens is 2. The Labute approximate surface area is 145 Å². The SMILES string of the molecule is Cc1ccc(Nc2nn(-c3ccc(F)cc3)c3c2C(=O)CCC3)cc1. The molecule has 3 aromatic rings. The lowest BCUT2D eigenvalue weighted by atomic mass is 9.95. The van der Waals surface area contributed by atoms with Crippen molar-refractivity contribution in [2.45, 2.75) is 26.2 Å². The molecule has 0 bridgehead atoms. The second-order valence-electron chi connectivity index (χ2n) is 6.33. The smallest absolute Gasteiger partial charge is 0.168 e. The van der Waals surface area contributed by atoms with Gasteiger partial charge in [-0.25, -0.2) is 9.07 Å². The van der Waals surface area contributed by atoms with Crippen molar-refractivity contribution in [3.63, 3.8) is 0 Å². The third-order valence-electron chi connectivity index (χ3n) is 4.46. The minimum Gasteiger partial charge on any atom is -0.338 e. The van der Waals surface area contributed by atoms with E-state index in [-0.39, 0.29) is 11.6 Å². The van der Waals surface area contributed by atoms with E-state index in [4.69, 9.17) is 0 Å². The fourth-order valence-corrected chi connectivity index (χ4v) is 3.18. The summed E-state index contributed by atoms with van der Waals surface area (Å²) in [6, 6.07) is 14.1. The molecule has 25 heavy (non-hydrogen) atoms. The normalized spacial score (nSPS) is 13.6. The van der Waals surface area contributed by atoms with Crippen LogP contribution < -0.4 is 5.32 Å².